The number of nitrogens with one attached hydrogen (secondary N) is 1. The average molecular weight is 272 g/mol. The fraction of sp³-hybridized carbons (Fsp3) is 0.267. The molecule has 0 bridgehead atoms. The molecular formula is C15H16N2OS. The summed E-state index contributed by atoms with van der Waals surface area (Å²) < 4.78 is 5.22. The van der Waals surface area contributed by atoms with Crippen LogP contribution in [0.2, 0.25) is 0 Å². The molecule has 0 fully saturated rings. The zero-order chi connectivity index (χ0) is 13.7. The van der Waals surface area contributed by atoms with E-state index in [0.717, 1.165) is 17.9 Å². The van der Waals surface area contributed by atoms with E-state index in [0.29, 0.717) is 0 Å². The fourth-order valence-electron chi connectivity index (χ4n) is 1.81. The van der Waals surface area contributed by atoms with Gasteiger partial charge >= 0.3 is 0 Å². The minimum atomic E-state index is 0.239. The molecule has 2 rings (SSSR count). The first-order chi connectivity index (χ1) is 9.22. The lowest BCUT2D eigenvalue weighted by atomic mass is 10.1. The van der Waals surface area contributed by atoms with Crippen molar-refractivity contribution in [2.45, 2.75) is 19.5 Å². The Balaban J connectivity index is 1.97. The normalized spacial score (nSPS) is 11.8. The third-order valence-corrected chi connectivity index (χ3v) is 3.90. The molecule has 1 atom stereocenters. The van der Waals surface area contributed by atoms with E-state index >= 15 is 0 Å². The molecule has 0 aliphatic carbocycles. The number of hydrogen-bond donors (Lipinski definition) is 1. The van der Waals surface area contributed by atoms with Gasteiger partial charge in [-0.1, -0.05) is 12.1 Å². The molecule has 0 saturated heterocycles. The Morgan fingerprint density at radius 1 is 1.42 bits per heavy atom. The maximum atomic E-state index is 8.79. The van der Waals surface area contributed by atoms with Gasteiger partial charge < -0.3 is 10.1 Å². The molecule has 1 heterocycles. The highest BCUT2D eigenvalue weighted by molar-refractivity contribution is 7.10. The zero-order valence-corrected chi connectivity index (χ0v) is 11.8. The summed E-state index contributed by atoms with van der Waals surface area (Å²) >= 11 is 1.61. The van der Waals surface area contributed by atoms with Crippen LogP contribution in [0.3, 0.4) is 0 Å². The van der Waals surface area contributed by atoms with Gasteiger partial charge in [0.25, 0.3) is 0 Å². The Labute approximate surface area is 117 Å². The van der Waals surface area contributed by atoms with Crippen LogP contribution in [-0.4, -0.2) is 7.11 Å². The number of nitriles is 1. The van der Waals surface area contributed by atoms with Gasteiger partial charge in [-0.3, -0.25) is 0 Å². The molecule has 2 aromatic rings. The van der Waals surface area contributed by atoms with Gasteiger partial charge in [0.15, 0.2) is 0 Å². The predicted molar refractivity (Wildman–Crippen MR) is 77.3 cm³/mol. The molecule has 19 heavy (non-hydrogen) atoms. The van der Waals surface area contributed by atoms with E-state index < -0.39 is 0 Å². The van der Waals surface area contributed by atoms with Gasteiger partial charge in [0.05, 0.1) is 12.7 Å². The highest BCUT2D eigenvalue weighted by atomic mass is 32.1. The maximum Gasteiger partial charge on any atom is 0.119 e. The van der Waals surface area contributed by atoms with Crippen molar-refractivity contribution in [2.24, 2.45) is 0 Å². The van der Waals surface area contributed by atoms with Crippen LogP contribution >= 0.6 is 11.3 Å². The molecule has 0 spiro atoms. The molecule has 98 valence electrons. The van der Waals surface area contributed by atoms with E-state index in [1.807, 2.05) is 29.6 Å². The van der Waals surface area contributed by atoms with Crippen molar-refractivity contribution >= 4 is 11.3 Å². The molecule has 0 saturated carbocycles. The summed E-state index contributed by atoms with van der Waals surface area (Å²) in [5.41, 5.74) is 1.92. The van der Waals surface area contributed by atoms with E-state index in [1.165, 1.54) is 10.4 Å². The first-order valence-electron chi connectivity index (χ1n) is 6.08. The Morgan fingerprint density at radius 2 is 2.26 bits per heavy atom. The van der Waals surface area contributed by atoms with Gasteiger partial charge in [-0.05, 0) is 30.7 Å². The third-order valence-electron chi connectivity index (χ3n) is 2.96. The van der Waals surface area contributed by atoms with Crippen LogP contribution < -0.4 is 10.1 Å². The summed E-state index contributed by atoms with van der Waals surface area (Å²) in [5, 5.41) is 14.1. The van der Waals surface area contributed by atoms with Crippen molar-refractivity contribution in [3.05, 3.63) is 51.7 Å². The van der Waals surface area contributed by atoms with Crippen LogP contribution in [-0.2, 0) is 6.54 Å². The molecule has 0 unspecified atom stereocenters. The van der Waals surface area contributed by atoms with Crippen LogP contribution in [0.15, 0.2) is 35.7 Å². The second kappa shape index (κ2) is 6.37. The minimum absolute atomic E-state index is 0.239. The molecule has 4 heteroatoms. The number of benzene rings is 1. The lowest BCUT2D eigenvalue weighted by Crippen LogP contribution is -2.17. The molecule has 0 radical (unpaired) electrons. The zero-order valence-electron chi connectivity index (χ0n) is 11.0. The van der Waals surface area contributed by atoms with Crippen molar-refractivity contribution < 1.29 is 4.74 Å². The molecule has 1 aromatic carbocycles. The molecule has 1 N–H and O–H groups in total. The largest absolute Gasteiger partial charge is 0.497 e. The highest BCUT2D eigenvalue weighted by Gasteiger charge is 2.07. The topological polar surface area (TPSA) is 45.0 Å². The van der Waals surface area contributed by atoms with Crippen molar-refractivity contribution in [3.63, 3.8) is 0 Å². The number of ether oxygens (including phenoxy) is 1. The van der Waals surface area contributed by atoms with Crippen molar-refractivity contribution in [1.82, 2.24) is 5.32 Å². The lowest BCUT2D eigenvalue weighted by Gasteiger charge is -2.14. The van der Waals surface area contributed by atoms with E-state index in [-0.39, 0.29) is 6.04 Å². The number of methoxy groups -OCH3 is 1. The SMILES string of the molecule is COc1cccc([C@H](C)NCc2cc(C#N)cs2)c1. The number of rotatable bonds is 5. The second-order valence-corrected chi connectivity index (χ2v) is 5.29. The second-order valence-electron chi connectivity index (χ2n) is 4.29. The van der Waals surface area contributed by atoms with Gasteiger partial charge in [-0.15, -0.1) is 11.3 Å². The van der Waals surface area contributed by atoms with E-state index in [2.05, 4.69) is 24.4 Å². The summed E-state index contributed by atoms with van der Waals surface area (Å²) in [6.45, 7) is 2.89. The van der Waals surface area contributed by atoms with Gasteiger partial charge in [-0.2, -0.15) is 5.26 Å². The van der Waals surface area contributed by atoms with Crippen LogP contribution in [0.4, 0.5) is 0 Å². The standard InChI is InChI=1S/C15H16N2OS/c1-11(13-4-3-5-14(7-13)18-2)17-9-15-6-12(8-16)10-19-15/h3-7,10-11,17H,9H2,1-2H3/t11-/m0/s1. The van der Waals surface area contributed by atoms with Crippen LogP contribution in [0.5, 0.6) is 5.75 Å². The summed E-state index contributed by atoms with van der Waals surface area (Å²) in [5.74, 6) is 0.869. The van der Waals surface area contributed by atoms with Crippen molar-refractivity contribution in [2.75, 3.05) is 7.11 Å². The quantitative estimate of drug-likeness (QED) is 0.906. The lowest BCUT2D eigenvalue weighted by molar-refractivity contribution is 0.413. The monoisotopic (exact) mass is 272 g/mol. The molecule has 0 aliphatic heterocycles. The van der Waals surface area contributed by atoms with Gasteiger partial charge in [-0.25, -0.2) is 0 Å². The van der Waals surface area contributed by atoms with Crippen LogP contribution in [0, 0.1) is 11.3 Å². The summed E-state index contributed by atoms with van der Waals surface area (Å²) in [7, 11) is 1.67. The molecular weight excluding hydrogens is 256 g/mol. The number of hydrogen-bond acceptors (Lipinski definition) is 4. The van der Waals surface area contributed by atoms with E-state index in [4.69, 9.17) is 10.00 Å². The fourth-order valence-corrected chi connectivity index (χ4v) is 2.58. The maximum absolute atomic E-state index is 8.79. The number of thiophene rings is 1. The third kappa shape index (κ3) is 3.57. The van der Waals surface area contributed by atoms with E-state index in [1.54, 1.807) is 18.4 Å². The van der Waals surface area contributed by atoms with E-state index in [9.17, 15) is 0 Å². The smallest absolute Gasteiger partial charge is 0.119 e. The number of nitrogens with zero attached hydrogens (tertiary/aromatic N) is 1. The first-order valence-corrected chi connectivity index (χ1v) is 6.95. The molecule has 0 aliphatic rings. The summed E-state index contributed by atoms with van der Waals surface area (Å²) in [6.07, 6.45) is 0. The molecule has 0 amide bonds. The molecule has 3 nitrogen and oxygen atoms in total. The van der Waals surface area contributed by atoms with Gasteiger partial charge in [0, 0.05) is 22.8 Å². The Hall–Kier alpha value is -1.83. The highest BCUT2D eigenvalue weighted by Crippen LogP contribution is 2.20. The summed E-state index contributed by atoms with van der Waals surface area (Å²) in [4.78, 5) is 1.17. The predicted octanol–water partition coefficient (Wildman–Crippen LogP) is 3.48. The summed E-state index contributed by atoms with van der Waals surface area (Å²) in [6, 6.07) is 12.4. The Kier molecular flexibility index (Phi) is 4.56. The van der Waals surface area contributed by atoms with Crippen molar-refractivity contribution in [3.8, 4) is 11.8 Å². The average Bonchev–Trinajstić information content (AvgIpc) is 2.93. The molecule has 1 aromatic heterocycles. The van der Waals surface area contributed by atoms with Gasteiger partial charge in [0.1, 0.15) is 11.8 Å². The van der Waals surface area contributed by atoms with Crippen LogP contribution in [0.1, 0.15) is 29.0 Å². The van der Waals surface area contributed by atoms with Crippen molar-refractivity contribution in [1.29, 1.82) is 5.26 Å². The Morgan fingerprint density at radius 3 is 2.95 bits per heavy atom. The Bertz CT molecular complexity index is 586. The van der Waals surface area contributed by atoms with Gasteiger partial charge in [0.2, 0.25) is 0 Å². The first kappa shape index (κ1) is 13.6. The van der Waals surface area contributed by atoms with Crippen LogP contribution in [0.25, 0.3) is 0 Å². The minimum Gasteiger partial charge on any atom is -0.497 e.